The van der Waals surface area contributed by atoms with Gasteiger partial charge >= 0.3 is 0 Å². The molecule has 0 radical (unpaired) electrons. The fourth-order valence-electron chi connectivity index (χ4n) is 2.28. The molecule has 7 heteroatoms. The molecule has 0 saturated carbocycles. The van der Waals surface area contributed by atoms with Crippen LogP contribution in [0.3, 0.4) is 0 Å². The normalized spacial score (nSPS) is 11.5. The van der Waals surface area contributed by atoms with Crippen molar-refractivity contribution in [1.82, 2.24) is 21.3 Å². The molecule has 0 aliphatic heterocycles. The average molecular weight is 475 g/mol. The number of carbonyl (C=O) groups is 1. The highest BCUT2D eigenvalue weighted by atomic mass is 127. The summed E-state index contributed by atoms with van der Waals surface area (Å²) in [6, 6.07) is 7.70. The third-order valence-electron chi connectivity index (χ3n) is 3.50. The minimum atomic E-state index is -0.0592. The third-order valence-corrected chi connectivity index (χ3v) is 3.50. The summed E-state index contributed by atoms with van der Waals surface area (Å²) in [5, 5.41) is 12.7. The highest BCUT2D eigenvalue weighted by Crippen LogP contribution is 2.05. The summed E-state index contributed by atoms with van der Waals surface area (Å²) in [7, 11) is 1.64. The van der Waals surface area contributed by atoms with E-state index in [1.807, 2.05) is 24.3 Å². The summed E-state index contributed by atoms with van der Waals surface area (Å²) < 4.78 is 0. The maximum Gasteiger partial charge on any atom is 0.251 e. The average Bonchev–Trinajstić information content (AvgIpc) is 2.57. The van der Waals surface area contributed by atoms with Gasteiger partial charge < -0.3 is 21.3 Å². The van der Waals surface area contributed by atoms with Crippen molar-refractivity contribution in [3.63, 3.8) is 0 Å². The van der Waals surface area contributed by atoms with Crippen LogP contribution in [0.15, 0.2) is 29.3 Å². The van der Waals surface area contributed by atoms with Crippen molar-refractivity contribution in [2.75, 3.05) is 33.2 Å². The van der Waals surface area contributed by atoms with E-state index in [1.165, 1.54) is 0 Å². The zero-order valence-corrected chi connectivity index (χ0v) is 18.9. The highest BCUT2D eigenvalue weighted by Gasteiger charge is 2.07. The van der Waals surface area contributed by atoms with Gasteiger partial charge in [-0.3, -0.25) is 9.79 Å². The van der Waals surface area contributed by atoms with E-state index in [-0.39, 0.29) is 35.4 Å². The van der Waals surface area contributed by atoms with Gasteiger partial charge in [0.05, 0.1) is 6.54 Å². The van der Waals surface area contributed by atoms with Crippen molar-refractivity contribution in [1.29, 1.82) is 0 Å². The first-order valence-electron chi connectivity index (χ1n) is 8.94. The number of guanidine groups is 1. The molecule has 0 atom stereocenters. The molecule has 0 aliphatic carbocycles. The number of halogens is 1. The quantitative estimate of drug-likeness (QED) is 0.201. The van der Waals surface area contributed by atoms with E-state index < -0.39 is 0 Å². The number of carbonyl (C=O) groups excluding carboxylic acids is 1. The maximum atomic E-state index is 11.7. The highest BCUT2D eigenvalue weighted by molar-refractivity contribution is 14.0. The van der Waals surface area contributed by atoms with Gasteiger partial charge in [-0.25, -0.2) is 0 Å². The van der Waals surface area contributed by atoms with Crippen LogP contribution >= 0.6 is 24.0 Å². The molecule has 1 aromatic rings. The van der Waals surface area contributed by atoms with Crippen LogP contribution in [0.4, 0.5) is 0 Å². The zero-order valence-electron chi connectivity index (χ0n) is 16.6. The minimum absolute atomic E-state index is 0. The second-order valence-electron chi connectivity index (χ2n) is 6.89. The molecule has 0 aromatic heterocycles. The summed E-state index contributed by atoms with van der Waals surface area (Å²) in [4.78, 5) is 16.3. The van der Waals surface area contributed by atoms with Gasteiger partial charge in [-0.2, -0.15) is 0 Å². The third kappa shape index (κ3) is 10.6. The van der Waals surface area contributed by atoms with Gasteiger partial charge in [-0.05, 0) is 51.8 Å². The second-order valence-corrected chi connectivity index (χ2v) is 6.89. The number of hydrogen-bond acceptors (Lipinski definition) is 3. The van der Waals surface area contributed by atoms with Crippen molar-refractivity contribution in [3.8, 4) is 0 Å². The first-order chi connectivity index (χ1) is 11.9. The molecule has 0 fully saturated rings. The molecular weight excluding hydrogens is 441 g/mol. The van der Waals surface area contributed by atoms with E-state index in [9.17, 15) is 4.79 Å². The van der Waals surface area contributed by atoms with E-state index in [1.54, 1.807) is 7.05 Å². The lowest BCUT2D eigenvalue weighted by molar-refractivity contribution is 0.0963. The Balaban J connectivity index is 0.00000625. The van der Waals surface area contributed by atoms with Gasteiger partial charge in [-0.1, -0.05) is 12.1 Å². The van der Waals surface area contributed by atoms with Crippen LogP contribution in [0, 0.1) is 0 Å². The Kier molecular flexibility index (Phi) is 12.2. The maximum absolute atomic E-state index is 11.7. The fraction of sp³-hybridized carbons (Fsp3) is 0.579. The Bertz CT molecular complexity index is 569. The predicted molar refractivity (Wildman–Crippen MR) is 121 cm³/mol. The van der Waals surface area contributed by atoms with Crippen LogP contribution in [0.5, 0.6) is 0 Å². The molecule has 1 rings (SSSR count). The standard InChI is InChI=1S/C19H33N5O.HI/c1-6-21-18(23-12-13-24-19(2,3)4)22-11-10-15-8-7-9-16(14-15)17(25)20-5;/h7-9,14,24H,6,10-13H2,1-5H3,(H,20,25)(H2,21,22,23);1H. The van der Waals surface area contributed by atoms with E-state index in [4.69, 9.17) is 0 Å². The molecule has 0 spiro atoms. The van der Waals surface area contributed by atoms with E-state index in [2.05, 4.69) is 54.0 Å². The molecule has 0 heterocycles. The lowest BCUT2D eigenvalue weighted by Gasteiger charge is -2.20. The smallest absolute Gasteiger partial charge is 0.251 e. The summed E-state index contributed by atoms with van der Waals surface area (Å²) in [5.74, 6) is 0.761. The number of amides is 1. The van der Waals surface area contributed by atoms with Gasteiger partial charge in [0.25, 0.3) is 5.91 Å². The summed E-state index contributed by atoms with van der Waals surface area (Å²) >= 11 is 0. The van der Waals surface area contributed by atoms with Gasteiger partial charge in [0.15, 0.2) is 5.96 Å². The fourth-order valence-corrected chi connectivity index (χ4v) is 2.28. The largest absolute Gasteiger partial charge is 0.357 e. The molecule has 4 N–H and O–H groups in total. The Morgan fingerprint density at radius 1 is 1.15 bits per heavy atom. The van der Waals surface area contributed by atoms with Crippen molar-refractivity contribution < 1.29 is 4.79 Å². The van der Waals surface area contributed by atoms with Crippen LogP contribution in [0.25, 0.3) is 0 Å². The minimum Gasteiger partial charge on any atom is -0.357 e. The predicted octanol–water partition coefficient (Wildman–Crippen LogP) is 2.15. The van der Waals surface area contributed by atoms with Gasteiger partial charge in [0.1, 0.15) is 0 Å². The first kappa shape index (κ1) is 24.7. The SMILES string of the molecule is CCNC(=NCCNC(C)(C)C)NCCc1cccc(C(=O)NC)c1.I. The summed E-state index contributed by atoms with van der Waals surface area (Å²) in [6.45, 7) is 11.6. The number of aliphatic imine (C=N–C) groups is 1. The van der Waals surface area contributed by atoms with Crippen molar-refractivity contribution in [2.45, 2.75) is 39.7 Å². The van der Waals surface area contributed by atoms with Crippen molar-refractivity contribution in [2.24, 2.45) is 4.99 Å². The number of hydrogen-bond donors (Lipinski definition) is 4. The molecule has 6 nitrogen and oxygen atoms in total. The molecule has 1 amide bonds. The van der Waals surface area contributed by atoms with Crippen molar-refractivity contribution in [3.05, 3.63) is 35.4 Å². The Labute approximate surface area is 175 Å². The van der Waals surface area contributed by atoms with Crippen LogP contribution in [0.2, 0.25) is 0 Å². The number of rotatable bonds is 8. The molecule has 1 aromatic carbocycles. The Morgan fingerprint density at radius 3 is 2.50 bits per heavy atom. The van der Waals surface area contributed by atoms with Crippen LogP contribution in [0.1, 0.15) is 43.6 Å². The molecule has 26 heavy (non-hydrogen) atoms. The van der Waals surface area contributed by atoms with E-state index in [0.29, 0.717) is 5.56 Å². The lowest BCUT2D eigenvalue weighted by atomic mass is 10.1. The zero-order chi connectivity index (χ0) is 18.7. The van der Waals surface area contributed by atoms with Crippen LogP contribution < -0.4 is 21.3 Å². The molecule has 0 bridgehead atoms. The second kappa shape index (κ2) is 12.9. The molecule has 0 saturated heterocycles. The van der Waals surface area contributed by atoms with Gasteiger partial charge in [0, 0.05) is 37.8 Å². The van der Waals surface area contributed by atoms with Crippen LogP contribution in [-0.2, 0) is 6.42 Å². The van der Waals surface area contributed by atoms with Gasteiger partial charge in [0.2, 0.25) is 0 Å². The number of benzene rings is 1. The van der Waals surface area contributed by atoms with E-state index in [0.717, 1.165) is 44.1 Å². The Morgan fingerprint density at radius 2 is 1.88 bits per heavy atom. The summed E-state index contributed by atoms with van der Waals surface area (Å²) in [6.07, 6.45) is 0.829. The van der Waals surface area contributed by atoms with Crippen LogP contribution in [-0.4, -0.2) is 50.6 Å². The Hall–Kier alpha value is -1.35. The summed E-state index contributed by atoms with van der Waals surface area (Å²) in [5.41, 5.74) is 1.92. The first-order valence-corrected chi connectivity index (χ1v) is 8.94. The van der Waals surface area contributed by atoms with Gasteiger partial charge in [-0.15, -0.1) is 24.0 Å². The van der Waals surface area contributed by atoms with Crippen molar-refractivity contribution >= 4 is 35.8 Å². The monoisotopic (exact) mass is 475 g/mol. The molecular formula is C19H34IN5O. The topological polar surface area (TPSA) is 77.6 Å². The molecule has 0 unspecified atom stereocenters. The number of nitrogens with one attached hydrogen (secondary N) is 4. The lowest BCUT2D eigenvalue weighted by Crippen LogP contribution is -2.40. The number of nitrogens with zero attached hydrogens (tertiary/aromatic N) is 1. The molecule has 0 aliphatic rings. The molecule has 148 valence electrons. The van der Waals surface area contributed by atoms with E-state index >= 15 is 0 Å².